The van der Waals surface area contributed by atoms with Crippen LogP contribution in [0.1, 0.15) is 77.9 Å². The first-order valence-electron chi connectivity index (χ1n) is 44.9. The van der Waals surface area contributed by atoms with Crippen molar-refractivity contribution >= 4 is 137 Å². The first kappa shape index (κ1) is 80.8. The van der Waals surface area contributed by atoms with Crippen LogP contribution in [0.15, 0.2) is 328 Å². The summed E-state index contributed by atoms with van der Waals surface area (Å²) in [7, 11) is 0. The van der Waals surface area contributed by atoms with Gasteiger partial charge < -0.3 is 13.7 Å². The van der Waals surface area contributed by atoms with E-state index in [1.54, 1.807) is 0 Å². The van der Waals surface area contributed by atoms with Crippen LogP contribution in [-0.2, 0) is 0 Å². The molecule has 0 spiro atoms. The summed E-state index contributed by atoms with van der Waals surface area (Å²) < 4.78 is 14.2. The molecule has 0 N–H and O–H groups in total. The highest BCUT2D eigenvalue weighted by atomic mass is 15.2. The minimum Gasteiger partial charge on any atom is -0.305 e. The van der Waals surface area contributed by atoms with Gasteiger partial charge >= 0.3 is 0 Å². The van der Waals surface area contributed by atoms with Gasteiger partial charge in [-0.3, -0.25) is 13.7 Å². The number of fused-ring (bicyclic) bond motifs is 18. The summed E-state index contributed by atoms with van der Waals surface area (Å²) in [5.41, 5.74) is 39.2. The monoisotopic (exact) mass is 1700 g/mol. The predicted molar refractivity (Wildman–Crippen MR) is 548 cm³/mol. The number of aryl methyl sites for hydroxylation is 12. The van der Waals surface area contributed by atoms with Gasteiger partial charge in [-0.1, -0.05) is 194 Å². The van der Waals surface area contributed by atoms with E-state index in [9.17, 15) is 10.5 Å². The first-order chi connectivity index (χ1) is 64.4. The molecule has 0 aliphatic heterocycles. The summed E-state index contributed by atoms with van der Waals surface area (Å²) in [5, 5.41) is 34.4. The molecule has 0 amide bonds. The summed E-state index contributed by atoms with van der Waals surface area (Å²) >= 11 is 0. The maximum Gasteiger partial charge on any atom is 0.194 e. The Hall–Kier alpha value is -17.0. The molecular formula is C120H90N12. The molecule has 0 saturated heterocycles. The van der Waals surface area contributed by atoms with E-state index in [0.29, 0.717) is 16.8 Å². The third-order valence-electron chi connectivity index (χ3n) is 27.4. The fraction of sp³-hybridized carbons (Fsp3) is 0.100. The van der Waals surface area contributed by atoms with Gasteiger partial charge in [-0.2, -0.15) is 10.5 Å². The fourth-order valence-electron chi connectivity index (χ4n) is 21.6. The molecule has 24 aromatic rings. The zero-order chi connectivity index (χ0) is 90.3. The first-order valence-corrected chi connectivity index (χ1v) is 44.9. The van der Waals surface area contributed by atoms with E-state index in [-0.39, 0.29) is 0 Å². The lowest BCUT2D eigenvalue weighted by Crippen LogP contribution is -2.08. The molecule has 132 heavy (non-hydrogen) atoms. The quantitative estimate of drug-likeness (QED) is 0.133. The number of rotatable bonds is 9. The highest BCUT2D eigenvalue weighted by Gasteiger charge is 2.31. The maximum absolute atomic E-state index is 9.83. The Bertz CT molecular complexity index is 8810. The van der Waals surface area contributed by atoms with E-state index in [2.05, 4.69) is 376 Å². The molecule has 0 atom stereocenters. The molecule has 0 saturated carbocycles. The second-order valence-electron chi connectivity index (χ2n) is 35.2. The molecule has 0 radical (unpaired) electrons. The van der Waals surface area contributed by atoms with Crippen LogP contribution in [-0.4, -0.2) is 42.4 Å². The average molecular weight is 1700 g/mol. The lowest BCUT2D eigenvalue weighted by Gasteiger charge is -2.20. The van der Waals surface area contributed by atoms with Crippen LogP contribution in [0.3, 0.4) is 0 Å². The number of benzene rings is 15. The standard InChI is InChI=1S/3C40H30N4/c1-24-10-5-16-31-35(24)36-25(2)11-6-17-32(36)43(31)39-30(29-15-9-14-28(22-29)23-41)20-21-42-40(39)44-33-18-7-12-26(3)37(33)38-27(4)13-8-19-34(38)44;1-24-9-5-13-31-35(24)36-25(2)10-6-14-32(36)43(31)39-30(29-19-17-28(23-41)18-20-29)21-22-42-40(39)44-33-15-7-11-26(3)37(33)38-27(4)12-8-16-34(38)44;1-24-12-8-18-31-35(24)36-25(2)13-9-19-32(36)43(31)39-29(28-16-6-7-17-30(28)41-5)22-23-42-40(39)44-33-20-10-14-26(3)37(33)38-27(4)15-11-21-34(38)44/h2*5-22H,1-4H3;6-23H,1-4H3. The second kappa shape index (κ2) is 31.8. The van der Waals surface area contributed by atoms with Crippen LogP contribution >= 0.6 is 0 Å². The van der Waals surface area contributed by atoms with Crippen LogP contribution in [0.4, 0.5) is 5.69 Å². The zero-order valence-electron chi connectivity index (χ0n) is 75.5. The van der Waals surface area contributed by atoms with Gasteiger partial charge in [0.25, 0.3) is 0 Å². The number of nitrogens with zero attached hydrogens (tertiary/aromatic N) is 12. The SMILES string of the molecule is Cc1cccc2c1c1c(C)cccc1n2-c1nccc(-c2ccc(C#N)cc2)c1-n1c2cccc(C)c2c2c(C)cccc21.Cc1cccc2c1c1c(C)cccc1n2-c1nccc(-c2cccc(C#N)c2)c1-n1c2cccc(C)c2c2c(C)cccc21.[C-]#[N+]c1ccccc1-c1ccnc(-n2c3cccc(C)c3c3c(C)cccc32)c1-n1c2cccc(C)c2c2c(C)cccc21. The van der Waals surface area contributed by atoms with E-state index >= 15 is 0 Å². The van der Waals surface area contributed by atoms with Crippen molar-refractivity contribution < 1.29 is 0 Å². The topological polar surface area (TPSA) is 120 Å². The van der Waals surface area contributed by atoms with Gasteiger partial charge in [-0.15, -0.1) is 0 Å². The van der Waals surface area contributed by atoms with Crippen molar-refractivity contribution in [2.45, 2.75) is 83.1 Å². The van der Waals surface area contributed by atoms with Crippen molar-refractivity contribution in [2.24, 2.45) is 0 Å². The van der Waals surface area contributed by atoms with E-state index in [4.69, 9.17) is 21.5 Å². The van der Waals surface area contributed by atoms with Crippen molar-refractivity contribution in [1.82, 2.24) is 42.4 Å². The summed E-state index contributed by atoms with van der Waals surface area (Å²) in [6, 6.07) is 113. The van der Waals surface area contributed by atoms with Crippen molar-refractivity contribution in [3.8, 4) is 80.0 Å². The van der Waals surface area contributed by atoms with Crippen molar-refractivity contribution in [3.05, 3.63) is 417 Å². The number of pyridine rings is 3. The lowest BCUT2D eigenvalue weighted by molar-refractivity contribution is 1.03. The third kappa shape index (κ3) is 12.4. The molecule has 15 aromatic carbocycles. The number of nitriles is 2. The van der Waals surface area contributed by atoms with Crippen LogP contribution < -0.4 is 0 Å². The van der Waals surface area contributed by atoms with E-state index in [0.717, 1.165) is 134 Å². The fourth-order valence-corrected chi connectivity index (χ4v) is 21.6. The highest BCUT2D eigenvalue weighted by molar-refractivity contribution is 6.20. The summed E-state index contributed by atoms with van der Waals surface area (Å²) in [6.07, 6.45) is 5.71. The lowest BCUT2D eigenvalue weighted by atomic mass is 10.0. The Morgan fingerprint density at radius 2 is 0.455 bits per heavy atom. The molecule has 0 bridgehead atoms. The molecule has 0 fully saturated rings. The van der Waals surface area contributed by atoms with E-state index in [1.807, 2.05) is 79.3 Å². The maximum atomic E-state index is 9.83. The molecule has 0 aliphatic carbocycles. The molecule has 630 valence electrons. The average Bonchev–Trinajstić information content (AvgIpc) is 1.54. The van der Waals surface area contributed by atoms with Crippen molar-refractivity contribution in [3.63, 3.8) is 0 Å². The third-order valence-corrected chi connectivity index (χ3v) is 27.4. The molecular weight excluding hydrogens is 1610 g/mol. The molecule has 9 aromatic heterocycles. The Morgan fingerprint density at radius 1 is 0.220 bits per heavy atom. The molecule has 12 nitrogen and oxygen atoms in total. The molecule has 9 heterocycles. The van der Waals surface area contributed by atoms with Gasteiger partial charge in [0.05, 0.1) is 113 Å². The van der Waals surface area contributed by atoms with Gasteiger partial charge in [0.1, 0.15) is 0 Å². The van der Waals surface area contributed by atoms with Crippen molar-refractivity contribution in [2.75, 3.05) is 0 Å². The minimum atomic E-state index is 0.618. The number of para-hydroxylation sites is 1. The molecule has 12 heteroatoms. The summed E-state index contributed by atoms with van der Waals surface area (Å²) in [6.45, 7) is 34.4. The highest BCUT2D eigenvalue weighted by Crippen LogP contribution is 2.50. The van der Waals surface area contributed by atoms with Gasteiger partial charge in [-0.05, 0) is 282 Å². The Kier molecular flexibility index (Phi) is 19.5. The molecule has 0 unspecified atom stereocenters. The van der Waals surface area contributed by atoms with Gasteiger partial charge in [0, 0.05) is 99.9 Å². The number of aromatic nitrogens is 9. The van der Waals surface area contributed by atoms with E-state index in [1.165, 1.54) is 131 Å². The molecule has 0 aliphatic rings. The smallest absolute Gasteiger partial charge is 0.194 e. The normalized spacial score (nSPS) is 11.6. The van der Waals surface area contributed by atoms with Crippen LogP contribution in [0, 0.1) is 112 Å². The van der Waals surface area contributed by atoms with Gasteiger partial charge in [0.15, 0.2) is 23.1 Å². The van der Waals surface area contributed by atoms with Crippen LogP contribution in [0.25, 0.3) is 204 Å². The second-order valence-corrected chi connectivity index (χ2v) is 35.2. The number of hydrogen-bond acceptors (Lipinski definition) is 5. The van der Waals surface area contributed by atoms with E-state index < -0.39 is 0 Å². The van der Waals surface area contributed by atoms with Gasteiger partial charge in [0.2, 0.25) is 0 Å². The Balaban J connectivity index is 0.000000116. The summed E-state index contributed by atoms with van der Waals surface area (Å²) in [4.78, 5) is 19.6. The van der Waals surface area contributed by atoms with Gasteiger partial charge in [-0.25, -0.2) is 19.8 Å². The Morgan fingerprint density at radius 3 is 0.720 bits per heavy atom. The van der Waals surface area contributed by atoms with Crippen molar-refractivity contribution in [1.29, 1.82) is 10.5 Å². The minimum absolute atomic E-state index is 0.618. The summed E-state index contributed by atoms with van der Waals surface area (Å²) in [5.74, 6) is 2.55. The van der Waals surface area contributed by atoms with Crippen LogP contribution in [0.2, 0.25) is 0 Å². The Labute approximate surface area is 764 Å². The molecule has 24 rings (SSSR count). The number of hydrogen-bond donors (Lipinski definition) is 0. The largest absolute Gasteiger partial charge is 0.305 e. The zero-order valence-corrected chi connectivity index (χ0v) is 75.5. The predicted octanol–water partition coefficient (Wildman–Crippen LogP) is 30.8. The van der Waals surface area contributed by atoms with Crippen LogP contribution in [0.5, 0.6) is 0 Å².